The van der Waals surface area contributed by atoms with Gasteiger partial charge in [-0.05, 0) is 47.2 Å². The van der Waals surface area contributed by atoms with Crippen molar-refractivity contribution in [2.75, 3.05) is 6.54 Å². The van der Waals surface area contributed by atoms with Crippen molar-refractivity contribution in [1.29, 1.82) is 0 Å². The van der Waals surface area contributed by atoms with Crippen LogP contribution in [0.2, 0.25) is 0 Å². The van der Waals surface area contributed by atoms with E-state index in [1.807, 2.05) is 42.6 Å². The largest absolute Gasteiger partial charge is 0.361 e. The van der Waals surface area contributed by atoms with E-state index in [2.05, 4.69) is 15.3 Å². The van der Waals surface area contributed by atoms with E-state index >= 15 is 0 Å². The van der Waals surface area contributed by atoms with Crippen LogP contribution in [0.3, 0.4) is 0 Å². The fourth-order valence-electron chi connectivity index (χ4n) is 2.35. The Morgan fingerprint density at radius 3 is 2.81 bits per heavy atom. The smallest absolute Gasteiger partial charge is 0.224 e. The van der Waals surface area contributed by atoms with E-state index in [9.17, 15) is 4.79 Å². The number of nitrogens with one attached hydrogen (secondary N) is 2. The number of benzene rings is 1. The zero-order valence-corrected chi connectivity index (χ0v) is 11.7. The minimum absolute atomic E-state index is 0.0509. The third-order valence-electron chi connectivity index (χ3n) is 3.47. The predicted molar refractivity (Wildman–Crippen MR) is 83.0 cm³/mol. The average molecular weight is 279 g/mol. The van der Waals surface area contributed by atoms with Gasteiger partial charge in [-0.1, -0.05) is 12.1 Å². The molecule has 0 fully saturated rings. The Balaban J connectivity index is 1.51. The summed E-state index contributed by atoms with van der Waals surface area (Å²) in [5, 5.41) is 4.12. The molecule has 2 N–H and O–H groups in total. The van der Waals surface area contributed by atoms with E-state index < -0.39 is 0 Å². The van der Waals surface area contributed by atoms with Crippen molar-refractivity contribution in [3.8, 4) is 0 Å². The zero-order valence-electron chi connectivity index (χ0n) is 11.7. The summed E-state index contributed by atoms with van der Waals surface area (Å²) in [5.41, 5.74) is 3.27. The number of amides is 1. The molecule has 4 heteroatoms. The van der Waals surface area contributed by atoms with Gasteiger partial charge >= 0.3 is 0 Å². The second kappa shape index (κ2) is 6.22. The number of rotatable bonds is 5. The number of carbonyl (C=O) groups is 1. The molecule has 21 heavy (non-hydrogen) atoms. The van der Waals surface area contributed by atoms with Gasteiger partial charge in [0.1, 0.15) is 0 Å². The van der Waals surface area contributed by atoms with Crippen LogP contribution in [0.5, 0.6) is 0 Å². The monoisotopic (exact) mass is 279 g/mol. The molecular formula is C17H17N3O. The highest BCUT2D eigenvalue weighted by Gasteiger charge is 2.04. The molecule has 0 spiro atoms. The highest BCUT2D eigenvalue weighted by molar-refractivity contribution is 5.83. The summed E-state index contributed by atoms with van der Waals surface area (Å²) in [5.74, 6) is 0.0509. The number of pyridine rings is 1. The Hall–Kier alpha value is -2.62. The maximum absolute atomic E-state index is 11.9. The summed E-state index contributed by atoms with van der Waals surface area (Å²) < 4.78 is 0. The molecule has 2 aromatic heterocycles. The van der Waals surface area contributed by atoms with Crippen molar-refractivity contribution < 1.29 is 4.79 Å². The molecule has 3 aromatic rings. The molecule has 0 unspecified atom stereocenters. The second-order valence-corrected chi connectivity index (χ2v) is 5.03. The van der Waals surface area contributed by atoms with Crippen LogP contribution in [-0.4, -0.2) is 22.4 Å². The van der Waals surface area contributed by atoms with E-state index in [1.165, 1.54) is 5.56 Å². The van der Waals surface area contributed by atoms with Crippen LogP contribution < -0.4 is 5.32 Å². The number of hydrogen-bond donors (Lipinski definition) is 2. The minimum Gasteiger partial charge on any atom is -0.361 e. The lowest BCUT2D eigenvalue weighted by Gasteiger charge is -2.05. The van der Waals surface area contributed by atoms with E-state index in [1.54, 1.807) is 12.4 Å². The number of carbonyl (C=O) groups excluding carboxylic acids is 1. The lowest BCUT2D eigenvalue weighted by Crippen LogP contribution is -2.27. The molecule has 1 aromatic carbocycles. The Labute approximate surface area is 123 Å². The van der Waals surface area contributed by atoms with Crippen LogP contribution in [0.25, 0.3) is 10.9 Å². The Morgan fingerprint density at radius 2 is 1.95 bits per heavy atom. The SMILES string of the molecule is O=C(Cc1ccc2cc[nH]c2c1)NCCc1ccncc1. The first kappa shape index (κ1) is 13.4. The van der Waals surface area contributed by atoms with Gasteiger partial charge in [-0.3, -0.25) is 9.78 Å². The standard InChI is InChI=1S/C17H17N3O/c21-17(20-9-5-13-3-7-18-8-4-13)12-14-1-2-15-6-10-19-16(15)11-14/h1-4,6-8,10-11,19H,5,9,12H2,(H,20,21). The third kappa shape index (κ3) is 3.48. The molecule has 0 bridgehead atoms. The van der Waals surface area contributed by atoms with Crippen molar-refractivity contribution in [2.45, 2.75) is 12.8 Å². The van der Waals surface area contributed by atoms with E-state index in [0.717, 1.165) is 22.9 Å². The first-order valence-corrected chi connectivity index (χ1v) is 7.03. The van der Waals surface area contributed by atoms with Gasteiger partial charge in [0.25, 0.3) is 0 Å². The molecule has 0 radical (unpaired) electrons. The number of H-pyrrole nitrogens is 1. The summed E-state index contributed by atoms with van der Waals surface area (Å²) >= 11 is 0. The molecule has 4 nitrogen and oxygen atoms in total. The lowest BCUT2D eigenvalue weighted by molar-refractivity contribution is -0.120. The summed E-state index contributed by atoms with van der Waals surface area (Å²) in [6.45, 7) is 0.646. The van der Waals surface area contributed by atoms with Crippen LogP contribution >= 0.6 is 0 Å². The molecule has 106 valence electrons. The first-order valence-electron chi connectivity index (χ1n) is 7.03. The summed E-state index contributed by atoms with van der Waals surface area (Å²) in [6, 6.07) is 12.0. The van der Waals surface area contributed by atoms with Gasteiger partial charge in [0, 0.05) is 30.7 Å². The molecule has 0 aliphatic heterocycles. The lowest BCUT2D eigenvalue weighted by atomic mass is 10.1. The van der Waals surface area contributed by atoms with Gasteiger partial charge < -0.3 is 10.3 Å². The highest BCUT2D eigenvalue weighted by Crippen LogP contribution is 2.14. The Kier molecular flexibility index (Phi) is 3.96. The molecule has 0 saturated heterocycles. The molecule has 0 aliphatic carbocycles. The quantitative estimate of drug-likeness (QED) is 0.753. The second-order valence-electron chi connectivity index (χ2n) is 5.03. The van der Waals surface area contributed by atoms with E-state index in [4.69, 9.17) is 0 Å². The fourth-order valence-corrected chi connectivity index (χ4v) is 2.35. The van der Waals surface area contributed by atoms with Gasteiger partial charge in [0.2, 0.25) is 5.91 Å². The first-order chi connectivity index (χ1) is 10.3. The number of nitrogens with zero attached hydrogens (tertiary/aromatic N) is 1. The number of hydrogen-bond acceptors (Lipinski definition) is 2. The summed E-state index contributed by atoms with van der Waals surface area (Å²) in [7, 11) is 0. The zero-order chi connectivity index (χ0) is 14.5. The summed E-state index contributed by atoms with van der Waals surface area (Å²) in [4.78, 5) is 19.1. The van der Waals surface area contributed by atoms with Crippen LogP contribution in [0.15, 0.2) is 55.0 Å². The average Bonchev–Trinajstić information content (AvgIpc) is 2.96. The van der Waals surface area contributed by atoms with Crippen LogP contribution in [-0.2, 0) is 17.6 Å². The number of aromatic nitrogens is 2. The van der Waals surface area contributed by atoms with E-state index in [-0.39, 0.29) is 5.91 Å². The number of fused-ring (bicyclic) bond motifs is 1. The summed E-state index contributed by atoms with van der Waals surface area (Å²) in [6.07, 6.45) is 6.67. The third-order valence-corrected chi connectivity index (χ3v) is 3.47. The van der Waals surface area contributed by atoms with Gasteiger partial charge in [-0.15, -0.1) is 0 Å². The van der Waals surface area contributed by atoms with Crippen molar-refractivity contribution in [3.63, 3.8) is 0 Å². The van der Waals surface area contributed by atoms with Gasteiger partial charge in [-0.25, -0.2) is 0 Å². The Morgan fingerprint density at radius 1 is 1.10 bits per heavy atom. The maximum Gasteiger partial charge on any atom is 0.224 e. The van der Waals surface area contributed by atoms with Gasteiger partial charge in [-0.2, -0.15) is 0 Å². The fraction of sp³-hybridized carbons (Fsp3) is 0.176. The van der Waals surface area contributed by atoms with Crippen molar-refractivity contribution in [3.05, 3.63) is 66.1 Å². The molecular weight excluding hydrogens is 262 g/mol. The number of aromatic amines is 1. The minimum atomic E-state index is 0.0509. The van der Waals surface area contributed by atoms with Crippen molar-refractivity contribution in [2.24, 2.45) is 0 Å². The molecule has 0 saturated carbocycles. The Bertz CT molecular complexity index is 734. The molecule has 3 rings (SSSR count). The van der Waals surface area contributed by atoms with E-state index in [0.29, 0.717) is 13.0 Å². The van der Waals surface area contributed by atoms with Crippen molar-refractivity contribution in [1.82, 2.24) is 15.3 Å². The molecule has 0 aliphatic rings. The molecule has 2 heterocycles. The van der Waals surface area contributed by atoms with Crippen LogP contribution in [0.1, 0.15) is 11.1 Å². The topological polar surface area (TPSA) is 57.8 Å². The van der Waals surface area contributed by atoms with Crippen molar-refractivity contribution >= 4 is 16.8 Å². The van der Waals surface area contributed by atoms with Crippen LogP contribution in [0.4, 0.5) is 0 Å². The highest BCUT2D eigenvalue weighted by atomic mass is 16.1. The predicted octanol–water partition coefficient (Wildman–Crippen LogP) is 2.46. The molecule has 0 atom stereocenters. The maximum atomic E-state index is 11.9. The normalized spacial score (nSPS) is 10.7. The van der Waals surface area contributed by atoms with Gasteiger partial charge in [0.15, 0.2) is 0 Å². The van der Waals surface area contributed by atoms with Gasteiger partial charge in [0.05, 0.1) is 6.42 Å². The molecule has 1 amide bonds. The van der Waals surface area contributed by atoms with Crippen LogP contribution in [0, 0.1) is 0 Å².